The number of anilines is 1. The number of piperazine rings is 1. The fraction of sp³-hybridized carbons (Fsp3) is 0.562. The van der Waals surface area contributed by atoms with Crippen molar-refractivity contribution in [3.63, 3.8) is 0 Å². The lowest BCUT2D eigenvalue weighted by Crippen LogP contribution is -2.43. The predicted molar refractivity (Wildman–Crippen MR) is 84.5 cm³/mol. The Hall–Kier alpha value is -1.55. The van der Waals surface area contributed by atoms with Gasteiger partial charge in [-0.15, -0.1) is 0 Å². The van der Waals surface area contributed by atoms with Crippen molar-refractivity contribution in [2.45, 2.75) is 33.2 Å². The summed E-state index contributed by atoms with van der Waals surface area (Å²) in [5.74, 6) is 1.21. The molecular formula is C16H24N4. The molecule has 1 aromatic carbocycles. The maximum Gasteiger partial charge on any atom is 0.112 e. The molecule has 1 fully saturated rings. The molecule has 0 atom stereocenters. The number of para-hydroxylation sites is 1. The van der Waals surface area contributed by atoms with Gasteiger partial charge in [0.2, 0.25) is 0 Å². The van der Waals surface area contributed by atoms with Gasteiger partial charge in [-0.1, -0.05) is 19.9 Å². The maximum absolute atomic E-state index is 4.93. The molecule has 0 unspecified atom stereocenters. The minimum absolute atomic E-state index is 0.996. The molecule has 0 radical (unpaired) electrons. The van der Waals surface area contributed by atoms with Gasteiger partial charge in [0.15, 0.2) is 0 Å². The van der Waals surface area contributed by atoms with Gasteiger partial charge in [0, 0.05) is 39.1 Å². The van der Waals surface area contributed by atoms with Gasteiger partial charge in [0.05, 0.1) is 11.2 Å². The summed E-state index contributed by atoms with van der Waals surface area (Å²) in [5, 5.41) is 3.41. The summed E-state index contributed by atoms with van der Waals surface area (Å²) in [5.41, 5.74) is 3.77. The van der Waals surface area contributed by atoms with E-state index in [2.05, 4.69) is 46.8 Å². The zero-order chi connectivity index (χ0) is 13.9. The van der Waals surface area contributed by atoms with E-state index in [1.54, 1.807) is 0 Å². The van der Waals surface area contributed by atoms with Crippen molar-refractivity contribution in [2.75, 3.05) is 31.1 Å². The average Bonchev–Trinajstić information content (AvgIpc) is 2.86. The maximum atomic E-state index is 4.93. The van der Waals surface area contributed by atoms with Crippen LogP contribution in [0.3, 0.4) is 0 Å². The molecule has 2 heterocycles. The summed E-state index contributed by atoms with van der Waals surface area (Å²) < 4.78 is 2.39. The molecule has 20 heavy (non-hydrogen) atoms. The smallest absolute Gasteiger partial charge is 0.112 e. The molecule has 1 N–H and O–H groups in total. The van der Waals surface area contributed by atoms with Crippen molar-refractivity contribution >= 4 is 16.7 Å². The van der Waals surface area contributed by atoms with Gasteiger partial charge >= 0.3 is 0 Å². The zero-order valence-corrected chi connectivity index (χ0v) is 12.5. The molecule has 0 bridgehead atoms. The first-order valence-corrected chi connectivity index (χ1v) is 7.79. The fourth-order valence-corrected chi connectivity index (χ4v) is 3.08. The molecule has 1 aromatic heterocycles. The van der Waals surface area contributed by atoms with Crippen LogP contribution in [0.4, 0.5) is 5.69 Å². The summed E-state index contributed by atoms with van der Waals surface area (Å²) in [7, 11) is 0. The van der Waals surface area contributed by atoms with Gasteiger partial charge in [-0.3, -0.25) is 0 Å². The van der Waals surface area contributed by atoms with E-state index in [0.717, 1.165) is 45.6 Å². The highest BCUT2D eigenvalue weighted by Gasteiger charge is 2.17. The van der Waals surface area contributed by atoms with E-state index < -0.39 is 0 Å². The van der Waals surface area contributed by atoms with E-state index >= 15 is 0 Å². The highest BCUT2D eigenvalue weighted by atomic mass is 15.2. The summed E-state index contributed by atoms with van der Waals surface area (Å²) >= 11 is 0. The van der Waals surface area contributed by atoms with Gasteiger partial charge in [-0.25, -0.2) is 4.98 Å². The lowest BCUT2D eigenvalue weighted by atomic mass is 10.2. The van der Waals surface area contributed by atoms with Gasteiger partial charge in [0.25, 0.3) is 0 Å². The van der Waals surface area contributed by atoms with Gasteiger partial charge < -0.3 is 14.8 Å². The van der Waals surface area contributed by atoms with Crippen LogP contribution in [-0.4, -0.2) is 35.7 Å². The molecule has 0 spiro atoms. The first kappa shape index (κ1) is 13.4. The van der Waals surface area contributed by atoms with Gasteiger partial charge in [0.1, 0.15) is 11.3 Å². The molecule has 0 aliphatic carbocycles. The normalized spacial score (nSPS) is 16.0. The van der Waals surface area contributed by atoms with E-state index in [4.69, 9.17) is 4.98 Å². The summed E-state index contributed by atoms with van der Waals surface area (Å²) in [4.78, 5) is 7.39. The molecule has 4 heteroatoms. The second-order valence-corrected chi connectivity index (χ2v) is 5.42. The first-order valence-electron chi connectivity index (χ1n) is 7.79. The van der Waals surface area contributed by atoms with E-state index in [1.165, 1.54) is 22.5 Å². The Morgan fingerprint density at radius 1 is 1.20 bits per heavy atom. The van der Waals surface area contributed by atoms with Crippen molar-refractivity contribution < 1.29 is 0 Å². The third-order valence-electron chi connectivity index (χ3n) is 4.06. The molecule has 4 nitrogen and oxygen atoms in total. The molecule has 0 amide bonds. The number of hydrogen-bond donors (Lipinski definition) is 1. The van der Waals surface area contributed by atoms with Gasteiger partial charge in [-0.2, -0.15) is 0 Å². The minimum atomic E-state index is 0.996. The number of aryl methyl sites for hydroxylation is 2. The number of nitrogens with one attached hydrogen (secondary N) is 1. The number of imidazole rings is 1. The number of hydrogen-bond acceptors (Lipinski definition) is 3. The van der Waals surface area contributed by atoms with E-state index in [9.17, 15) is 0 Å². The van der Waals surface area contributed by atoms with Crippen LogP contribution in [-0.2, 0) is 13.0 Å². The molecular weight excluding hydrogens is 248 g/mol. The third kappa shape index (κ3) is 2.29. The standard InChI is InChI=1S/C16H24N4/c1-3-10-20-14-7-5-6-13(16(14)18-15(20)4-2)19-11-8-17-9-12-19/h5-7,17H,3-4,8-12H2,1-2H3. The van der Waals surface area contributed by atoms with Crippen LogP contribution in [0, 0.1) is 0 Å². The topological polar surface area (TPSA) is 33.1 Å². The monoisotopic (exact) mass is 272 g/mol. The minimum Gasteiger partial charge on any atom is -0.367 e. The molecule has 3 rings (SSSR count). The fourth-order valence-electron chi connectivity index (χ4n) is 3.08. The summed E-state index contributed by atoms with van der Waals surface area (Å²) in [6.07, 6.45) is 2.14. The number of aromatic nitrogens is 2. The molecule has 1 saturated heterocycles. The molecule has 108 valence electrons. The van der Waals surface area contributed by atoms with Crippen molar-refractivity contribution in [3.8, 4) is 0 Å². The van der Waals surface area contributed by atoms with E-state index in [-0.39, 0.29) is 0 Å². The lowest BCUT2D eigenvalue weighted by molar-refractivity contribution is 0.590. The second kappa shape index (κ2) is 5.83. The summed E-state index contributed by atoms with van der Waals surface area (Å²) in [6.45, 7) is 9.75. The molecule has 2 aromatic rings. The molecule has 0 saturated carbocycles. The lowest BCUT2D eigenvalue weighted by Gasteiger charge is -2.29. The second-order valence-electron chi connectivity index (χ2n) is 5.42. The molecule has 1 aliphatic rings. The van der Waals surface area contributed by atoms with Crippen LogP contribution < -0.4 is 10.2 Å². The highest BCUT2D eigenvalue weighted by molar-refractivity contribution is 5.89. The molecule has 1 aliphatic heterocycles. The Kier molecular flexibility index (Phi) is 3.92. The van der Waals surface area contributed by atoms with E-state index in [1.807, 2.05) is 0 Å². The Morgan fingerprint density at radius 3 is 2.70 bits per heavy atom. The first-order chi connectivity index (χ1) is 9.85. The number of nitrogens with zero attached hydrogens (tertiary/aromatic N) is 3. The van der Waals surface area contributed by atoms with Crippen LogP contribution in [0.1, 0.15) is 26.1 Å². The summed E-state index contributed by atoms with van der Waals surface area (Å²) in [6, 6.07) is 6.60. The van der Waals surface area contributed by atoms with Crippen LogP contribution in [0.15, 0.2) is 18.2 Å². The van der Waals surface area contributed by atoms with Crippen LogP contribution in [0.25, 0.3) is 11.0 Å². The van der Waals surface area contributed by atoms with Crippen LogP contribution in [0.5, 0.6) is 0 Å². The highest BCUT2D eigenvalue weighted by Crippen LogP contribution is 2.28. The quantitative estimate of drug-likeness (QED) is 0.928. The predicted octanol–water partition coefficient (Wildman–Crippen LogP) is 2.42. The largest absolute Gasteiger partial charge is 0.367 e. The van der Waals surface area contributed by atoms with Gasteiger partial charge in [-0.05, 0) is 18.6 Å². The zero-order valence-electron chi connectivity index (χ0n) is 12.5. The van der Waals surface area contributed by atoms with Crippen molar-refractivity contribution in [2.24, 2.45) is 0 Å². The Bertz CT molecular complexity index is 581. The third-order valence-corrected chi connectivity index (χ3v) is 4.06. The Labute approximate surface area is 120 Å². The van der Waals surface area contributed by atoms with E-state index in [0.29, 0.717) is 0 Å². The number of rotatable bonds is 4. The SMILES string of the molecule is CCCn1c(CC)nc2c(N3CCNCC3)cccc21. The van der Waals surface area contributed by atoms with Crippen molar-refractivity contribution in [1.82, 2.24) is 14.9 Å². The van der Waals surface area contributed by atoms with Crippen LogP contribution in [0.2, 0.25) is 0 Å². The average molecular weight is 272 g/mol. The van der Waals surface area contributed by atoms with Crippen molar-refractivity contribution in [1.29, 1.82) is 0 Å². The Balaban J connectivity index is 2.09. The van der Waals surface area contributed by atoms with Crippen molar-refractivity contribution in [3.05, 3.63) is 24.0 Å². The number of benzene rings is 1. The Morgan fingerprint density at radius 2 is 2.00 bits per heavy atom. The van der Waals surface area contributed by atoms with Crippen LogP contribution >= 0.6 is 0 Å². The number of fused-ring (bicyclic) bond motifs is 1.